The smallest absolute Gasteiger partial charge is 0.269 e. The van der Waals surface area contributed by atoms with Crippen molar-refractivity contribution in [2.45, 2.75) is 52.2 Å². The Hall–Kier alpha value is -2.15. The number of rotatable bonds is 6. The molecule has 0 radical (unpaired) electrons. The van der Waals surface area contributed by atoms with Crippen LogP contribution in [0.1, 0.15) is 45.1 Å². The second-order valence-corrected chi connectivity index (χ2v) is 6.89. The normalized spacial score (nSPS) is 24.0. The zero-order chi connectivity index (χ0) is 18.3. The number of nitro benzene ring substituents is 1. The molecule has 25 heavy (non-hydrogen) atoms. The summed E-state index contributed by atoms with van der Waals surface area (Å²) in [5.74, 6) is 0.660. The first-order valence-corrected chi connectivity index (χ1v) is 8.88. The van der Waals surface area contributed by atoms with Gasteiger partial charge in [-0.25, -0.2) is 4.99 Å². The Morgan fingerprint density at radius 1 is 1.44 bits per heavy atom. The van der Waals surface area contributed by atoms with E-state index < -0.39 is 4.92 Å². The van der Waals surface area contributed by atoms with Gasteiger partial charge in [0.1, 0.15) is 0 Å². The SMILES string of the molecule is CCNC(=NCc1cccc([N+](=O)[O-])c1)NCC1(C)CCCCC1O. The fraction of sp³-hybridized carbons (Fsp3) is 0.611. The lowest BCUT2D eigenvalue weighted by atomic mass is 9.73. The van der Waals surface area contributed by atoms with Crippen LogP contribution in [-0.4, -0.2) is 35.2 Å². The van der Waals surface area contributed by atoms with Crippen LogP contribution in [0.3, 0.4) is 0 Å². The zero-order valence-electron chi connectivity index (χ0n) is 15.0. The van der Waals surface area contributed by atoms with Gasteiger partial charge in [0, 0.05) is 30.6 Å². The summed E-state index contributed by atoms with van der Waals surface area (Å²) in [6.07, 6.45) is 3.76. The fourth-order valence-corrected chi connectivity index (χ4v) is 3.15. The number of nitrogens with zero attached hydrogens (tertiary/aromatic N) is 2. The van der Waals surface area contributed by atoms with Gasteiger partial charge in [0.05, 0.1) is 17.6 Å². The van der Waals surface area contributed by atoms with Crippen molar-refractivity contribution in [2.24, 2.45) is 10.4 Å². The van der Waals surface area contributed by atoms with Crippen molar-refractivity contribution in [3.63, 3.8) is 0 Å². The summed E-state index contributed by atoms with van der Waals surface area (Å²) < 4.78 is 0. The molecule has 2 unspecified atom stereocenters. The lowest BCUT2D eigenvalue weighted by molar-refractivity contribution is -0.384. The summed E-state index contributed by atoms with van der Waals surface area (Å²) in [7, 11) is 0. The number of aliphatic imine (C=N–C) groups is 1. The Balaban J connectivity index is 2.00. The average Bonchev–Trinajstić information content (AvgIpc) is 2.60. The van der Waals surface area contributed by atoms with Gasteiger partial charge in [-0.1, -0.05) is 31.9 Å². The van der Waals surface area contributed by atoms with Crippen molar-refractivity contribution in [3.05, 3.63) is 39.9 Å². The number of non-ortho nitro benzene ring substituents is 1. The van der Waals surface area contributed by atoms with Gasteiger partial charge < -0.3 is 15.7 Å². The molecule has 1 aliphatic rings. The highest BCUT2D eigenvalue weighted by atomic mass is 16.6. The number of hydrogen-bond acceptors (Lipinski definition) is 4. The van der Waals surface area contributed by atoms with E-state index in [1.807, 2.05) is 13.0 Å². The van der Waals surface area contributed by atoms with Crippen LogP contribution < -0.4 is 10.6 Å². The highest BCUT2D eigenvalue weighted by molar-refractivity contribution is 5.79. The number of hydrogen-bond donors (Lipinski definition) is 3. The Bertz CT molecular complexity index is 620. The van der Waals surface area contributed by atoms with Crippen molar-refractivity contribution in [1.82, 2.24) is 10.6 Å². The standard InChI is InChI=1S/C18H28N4O3/c1-3-19-17(21-13-18(2)10-5-4-9-16(18)23)20-12-14-7-6-8-15(11-14)22(24)25/h6-8,11,16,23H,3-5,9-10,12-13H2,1-2H3,(H2,19,20,21). The lowest BCUT2D eigenvalue weighted by Crippen LogP contribution is -2.48. The van der Waals surface area contributed by atoms with E-state index in [9.17, 15) is 15.2 Å². The number of aliphatic hydroxyl groups is 1. The highest BCUT2D eigenvalue weighted by Gasteiger charge is 2.35. The molecule has 0 spiro atoms. The monoisotopic (exact) mass is 348 g/mol. The fourth-order valence-electron chi connectivity index (χ4n) is 3.15. The molecule has 1 saturated carbocycles. The van der Waals surface area contributed by atoms with E-state index in [1.165, 1.54) is 6.07 Å². The molecule has 0 heterocycles. The van der Waals surface area contributed by atoms with Gasteiger partial charge in [0.15, 0.2) is 5.96 Å². The van der Waals surface area contributed by atoms with Crippen molar-refractivity contribution in [2.75, 3.05) is 13.1 Å². The molecular formula is C18H28N4O3. The average molecular weight is 348 g/mol. The molecule has 1 aromatic rings. The molecule has 7 nitrogen and oxygen atoms in total. The molecule has 0 bridgehead atoms. The third-order valence-electron chi connectivity index (χ3n) is 4.82. The quantitative estimate of drug-likeness (QED) is 0.317. The van der Waals surface area contributed by atoms with Crippen LogP contribution in [0, 0.1) is 15.5 Å². The van der Waals surface area contributed by atoms with E-state index in [1.54, 1.807) is 12.1 Å². The van der Waals surface area contributed by atoms with Crippen LogP contribution in [0.2, 0.25) is 0 Å². The predicted octanol–water partition coefficient (Wildman–Crippen LogP) is 2.59. The highest BCUT2D eigenvalue weighted by Crippen LogP contribution is 2.35. The van der Waals surface area contributed by atoms with Gasteiger partial charge in [-0.15, -0.1) is 0 Å². The molecule has 1 aromatic carbocycles. The lowest BCUT2D eigenvalue weighted by Gasteiger charge is -2.38. The second kappa shape index (κ2) is 8.80. The van der Waals surface area contributed by atoms with Gasteiger partial charge >= 0.3 is 0 Å². The molecular weight excluding hydrogens is 320 g/mol. The Kier molecular flexibility index (Phi) is 6.75. The molecule has 0 saturated heterocycles. The summed E-state index contributed by atoms with van der Waals surface area (Å²) in [5, 5.41) is 27.7. The maximum atomic E-state index is 10.9. The molecule has 0 aliphatic heterocycles. The molecule has 3 N–H and O–H groups in total. The van der Waals surface area contributed by atoms with Gasteiger partial charge in [0.25, 0.3) is 5.69 Å². The van der Waals surface area contributed by atoms with Gasteiger partial charge in [0.2, 0.25) is 0 Å². The van der Waals surface area contributed by atoms with E-state index in [2.05, 4.69) is 22.5 Å². The largest absolute Gasteiger partial charge is 0.392 e. The van der Waals surface area contributed by atoms with E-state index in [4.69, 9.17) is 0 Å². The van der Waals surface area contributed by atoms with Crippen molar-refractivity contribution in [3.8, 4) is 0 Å². The Labute approximate surface area is 148 Å². The maximum Gasteiger partial charge on any atom is 0.269 e. The molecule has 1 fully saturated rings. The van der Waals surface area contributed by atoms with Gasteiger partial charge in [-0.2, -0.15) is 0 Å². The number of nitrogens with one attached hydrogen (secondary N) is 2. The zero-order valence-corrected chi connectivity index (χ0v) is 15.0. The maximum absolute atomic E-state index is 10.9. The Morgan fingerprint density at radius 2 is 2.24 bits per heavy atom. The minimum Gasteiger partial charge on any atom is -0.392 e. The molecule has 0 aromatic heterocycles. The number of nitro groups is 1. The first-order valence-electron chi connectivity index (χ1n) is 8.88. The van der Waals surface area contributed by atoms with Crippen LogP contribution in [-0.2, 0) is 6.54 Å². The molecule has 0 amide bonds. The predicted molar refractivity (Wildman–Crippen MR) is 98.5 cm³/mol. The summed E-state index contributed by atoms with van der Waals surface area (Å²) in [6, 6.07) is 6.51. The molecule has 2 atom stereocenters. The van der Waals surface area contributed by atoms with E-state index in [-0.39, 0.29) is 17.2 Å². The third kappa shape index (κ3) is 5.42. The van der Waals surface area contributed by atoms with Gasteiger partial charge in [-0.05, 0) is 25.3 Å². The molecule has 138 valence electrons. The van der Waals surface area contributed by atoms with Crippen molar-refractivity contribution < 1.29 is 10.0 Å². The molecule has 2 rings (SSSR count). The number of guanidine groups is 1. The van der Waals surface area contributed by atoms with Gasteiger partial charge in [-0.3, -0.25) is 10.1 Å². The number of aliphatic hydroxyl groups excluding tert-OH is 1. The summed E-state index contributed by atoms with van der Waals surface area (Å²) in [6.45, 7) is 5.82. The van der Waals surface area contributed by atoms with E-state index in [0.29, 0.717) is 19.0 Å². The minimum atomic E-state index is -0.401. The van der Waals surface area contributed by atoms with E-state index in [0.717, 1.165) is 37.8 Å². The molecule has 1 aliphatic carbocycles. The Morgan fingerprint density at radius 3 is 2.92 bits per heavy atom. The van der Waals surface area contributed by atoms with E-state index >= 15 is 0 Å². The van der Waals surface area contributed by atoms with Crippen LogP contribution in [0.4, 0.5) is 5.69 Å². The van der Waals surface area contributed by atoms with Crippen molar-refractivity contribution in [1.29, 1.82) is 0 Å². The summed E-state index contributed by atoms with van der Waals surface area (Å²) >= 11 is 0. The number of benzene rings is 1. The summed E-state index contributed by atoms with van der Waals surface area (Å²) in [5.41, 5.74) is 0.707. The topological polar surface area (TPSA) is 99.8 Å². The van der Waals surface area contributed by atoms with Crippen LogP contribution in [0.5, 0.6) is 0 Å². The summed E-state index contributed by atoms with van der Waals surface area (Å²) in [4.78, 5) is 15.0. The molecule has 7 heteroatoms. The first kappa shape index (κ1) is 19.2. The minimum absolute atomic E-state index is 0.0727. The van der Waals surface area contributed by atoms with Crippen LogP contribution in [0.15, 0.2) is 29.3 Å². The van der Waals surface area contributed by atoms with Crippen LogP contribution in [0.25, 0.3) is 0 Å². The second-order valence-electron chi connectivity index (χ2n) is 6.89. The first-order chi connectivity index (χ1) is 11.9. The van der Waals surface area contributed by atoms with Crippen LogP contribution >= 0.6 is 0 Å². The van der Waals surface area contributed by atoms with Crippen molar-refractivity contribution >= 4 is 11.6 Å². The third-order valence-corrected chi connectivity index (χ3v) is 4.82.